The van der Waals surface area contributed by atoms with Crippen LogP contribution < -0.4 is 5.32 Å². The van der Waals surface area contributed by atoms with Crippen molar-refractivity contribution in [3.05, 3.63) is 63.8 Å². The minimum Gasteiger partial charge on any atom is -0.395 e. The summed E-state index contributed by atoms with van der Waals surface area (Å²) in [6.45, 7) is 14.3. The first-order valence-electron chi connectivity index (χ1n) is 11.9. The van der Waals surface area contributed by atoms with Crippen LogP contribution in [0.5, 0.6) is 0 Å². The molecule has 1 amide bonds. The summed E-state index contributed by atoms with van der Waals surface area (Å²) in [4.78, 5) is 21.3. The van der Waals surface area contributed by atoms with Crippen molar-refractivity contribution in [2.45, 2.75) is 47.2 Å². The molecule has 1 aliphatic rings. The molecule has 0 aliphatic carbocycles. The minimum absolute atomic E-state index is 0.0708. The van der Waals surface area contributed by atoms with E-state index in [2.05, 4.69) is 68.0 Å². The van der Waals surface area contributed by atoms with Gasteiger partial charge in [-0.25, -0.2) is 0 Å². The van der Waals surface area contributed by atoms with E-state index in [-0.39, 0.29) is 18.6 Å². The Morgan fingerprint density at radius 2 is 1.88 bits per heavy atom. The van der Waals surface area contributed by atoms with Crippen LogP contribution >= 0.6 is 0 Å². The van der Waals surface area contributed by atoms with Gasteiger partial charge in [-0.05, 0) is 69.0 Å². The fourth-order valence-corrected chi connectivity index (χ4v) is 4.98. The summed E-state index contributed by atoms with van der Waals surface area (Å²) in [5, 5.41) is 14.0. The average Bonchev–Trinajstić information content (AvgIpc) is 3.07. The summed E-state index contributed by atoms with van der Waals surface area (Å²) < 4.78 is 0. The molecule has 6 nitrogen and oxygen atoms in total. The molecule has 33 heavy (non-hydrogen) atoms. The van der Waals surface area contributed by atoms with E-state index in [0.717, 1.165) is 40.9 Å². The Kier molecular flexibility index (Phi) is 6.77. The van der Waals surface area contributed by atoms with Gasteiger partial charge in [0, 0.05) is 55.4 Å². The van der Waals surface area contributed by atoms with Crippen molar-refractivity contribution in [3.8, 4) is 0 Å². The molecule has 0 radical (unpaired) electrons. The zero-order valence-corrected chi connectivity index (χ0v) is 20.5. The van der Waals surface area contributed by atoms with Crippen molar-refractivity contribution in [2.24, 2.45) is 0 Å². The van der Waals surface area contributed by atoms with Gasteiger partial charge in [0.2, 0.25) is 0 Å². The third-order valence-corrected chi connectivity index (χ3v) is 7.15. The number of fused-ring (bicyclic) bond motifs is 1. The van der Waals surface area contributed by atoms with Gasteiger partial charge in [0.05, 0.1) is 17.8 Å². The maximum atomic E-state index is 13.6. The average molecular weight is 449 g/mol. The molecule has 1 saturated heterocycles. The Morgan fingerprint density at radius 1 is 1.15 bits per heavy atom. The van der Waals surface area contributed by atoms with Gasteiger partial charge < -0.3 is 20.3 Å². The molecule has 2 heterocycles. The number of anilines is 1. The molecule has 1 unspecified atom stereocenters. The van der Waals surface area contributed by atoms with Crippen molar-refractivity contribution in [1.82, 2.24) is 14.8 Å². The van der Waals surface area contributed by atoms with Gasteiger partial charge in [0.1, 0.15) is 0 Å². The van der Waals surface area contributed by atoms with Crippen molar-refractivity contribution in [1.29, 1.82) is 0 Å². The topological polar surface area (TPSA) is 71.6 Å². The van der Waals surface area contributed by atoms with Gasteiger partial charge in [-0.1, -0.05) is 18.2 Å². The minimum atomic E-state index is 0.0708. The number of carbonyl (C=O) groups excluding carboxylic acids is 1. The molecule has 1 atom stereocenters. The predicted octanol–water partition coefficient (Wildman–Crippen LogP) is 4.15. The highest BCUT2D eigenvalue weighted by Gasteiger charge is 2.28. The normalized spacial score (nSPS) is 17.0. The van der Waals surface area contributed by atoms with Crippen LogP contribution in [-0.2, 0) is 6.54 Å². The number of hydrogen-bond acceptors (Lipinski definition) is 4. The molecule has 1 fully saturated rings. The second kappa shape index (κ2) is 9.57. The van der Waals surface area contributed by atoms with Crippen LogP contribution in [0.1, 0.15) is 45.2 Å². The van der Waals surface area contributed by atoms with E-state index in [9.17, 15) is 9.90 Å². The van der Waals surface area contributed by atoms with E-state index in [1.807, 2.05) is 17.0 Å². The lowest BCUT2D eigenvalue weighted by Gasteiger charge is -2.39. The Morgan fingerprint density at radius 3 is 2.55 bits per heavy atom. The van der Waals surface area contributed by atoms with E-state index in [1.165, 1.54) is 22.3 Å². The van der Waals surface area contributed by atoms with E-state index in [1.54, 1.807) is 0 Å². The molecule has 176 valence electrons. The largest absolute Gasteiger partial charge is 0.395 e. The summed E-state index contributed by atoms with van der Waals surface area (Å²) in [5.41, 5.74) is 8.84. The van der Waals surface area contributed by atoms with Gasteiger partial charge in [-0.3, -0.25) is 9.69 Å². The van der Waals surface area contributed by atoms with Crippen LogP contribution in [0, 0.1) is 27.7 Å². The summed E-state index contributed by atoms with van der Waals surface area (Å²) in [6.07, 6.45) is 0. The number of nitrogens with one attached hydrogen (secondary N) is 2. The maximum absolute atomic E-state index is 13.6. The highest BCUT2D eigenvalue weighted by Crippen LogP contribution is 2.31. The monoisotopic (exact) mass is 448 g/mol. The number of rotatable bonds is 6. The highest BCUT2D eigenvalue weighted by molar-refractivity contribution is 6.04. The lowest BCUT2D eigenvalue weighted by molar-refractivity contribution is 0.0458. The van der Waals surface area contributed by atoms with Crippen LogP contribution in [0.25, 0.3) is 10.9 Å². The Labute approximate surface area is 196 Å². The summed E-state index contributed by atoms with van der Waals surface area (Å²) in [5.74, 6) is 0.0708. The first kappa shape index (κ1) is 23.3. The number of piperazine rings is 1. The number of aliphatic hydroxyl groups excluding tert-OH is 1. The lowest BCUT2D eigenvalue weighted by Crippen LogP contribution is -2.54. The zero-order valence-electron chi connectivity index (χ0n) is 20.5. The zero-order chi connectivity index (χ0) is 23.7. The van der Waals surface area contributed by atoms with Gasteiger partial charge in [0.15, 0.2) is 0 Å². The second-order valence-electron chi connectivity index (χ2n) is 9.42. The molecule has 3 N–H and O–H groups in total. The number of H-pyrrole nitrogens is 1. The van der Waals surface area contributed by atoms with E-state index in [4.69, 9.17) is 0 Å². The number of amides is 1. The van der Waals surface area contributed by atoms with Crippen LogP contribution in [-0.4, -0.2) is 64.6 Å². The number of nitrogens with zero attached hydrogens (tertiary/aromatic N) is 2. The van der Waals surface area contributed by atoms with Crippen LogP contribution in [0.4, 0.5) is 5.69 Å². The van der Waals surface area contributed by atoms with Gasteiger partial charge in [-0.2, -0.15) is 0 Å². The van der Waals surface area contributed by atoms with Crippen molar-refractivity contribution in [2.75, 3.05) is 38.1 Å². The Bertz CT molecular complexity index is 1150. The number of aliphatic hydroxyl groups is 1. The van der Waals surface area contributed by atoms with Crippen molar-refractivity contribution < 1.29 is 9.90 Å². The van der Waals surface area contributed by atoms with E-state index < -0.39 is 0 Å². The van der Waals surface area contributed by atoms with Gasteiger partial charge in [-0.15, -0.1) is 0 Å². The number of β-amino-alcohol motifs (C(OH)–C–C–N with tert-alkyl or cyclic N) is 1. The van der Waals surface area contributed by atoms with Crippen LogP contribution in [0.2, 0.25) is 0 Å². The number of hydrogen-bond donors (Lipinski definition) is 3. The molecular formula is C27H36N4O2. The molecule has 0 bridgehead atoms. The number of benzene rings is 2. The number of aromatic nitrogens is 1. The van der Waals surface area contributed by atoms with E-state index >= 15 is 0 Å². The highest BCUT2D eigenvalue weighted by atomic mass is 16.3. The molecule has 0 spiro atoms. The molecule has 1 aromatic heterocycles. The first-order valence-corrected chi connectivity index (χ1v) is 11.9. The van der Waals surface area contributed by atoms with Gasteiger partial charge >= 0.3 is 0 Å². The van der Waals surface area contributed by atoms with Crippen molar-refractivity contribution >= 4 is 22.5 Å². The third-order valence-electron chi connectivity index (χ3n) is 7.15. The predicted molar refractivity (Wildman–Crippen MR) is 135 cm³/mol. The maximum Gasteiger partial charge on any atom is 0.254 e. The first-order chi connectivity index (χ1) is 15.8. The smallest absolute Gasteiger partial charge is 0.254 e. The molecule has 4 rings (SSSR count). The number of aryl methyl sites for hydroxylation is 4. The van der Waals surface area contributed by atoms with E-state index in [0.29, 0.717) is 19.6 Å². The molecule has 0 saturated carbocycles. The Hall–Kier alpha value is -2.83. The van der Waals surface area contributed by atoms with Gasteiger partial charge in [0.25, 0.3) is 5.91 Å². The summed E-state index contributed by atoms with van der Waals surface area (Å²) >= 11 is 0. The number of carbonyl (C=O) groups is 1. The molecule has 6 heteroatoms. The molecule has 2 aromatic carbocycles. The summed E-state index contributed by atoms with van der Waals surface area (Å²) in [6, 6.07) is 10.5. The second-order valence-corrected chi connectivity index (χ2v) is 9.42. The number of aromatic amines is 1. The van der Waals surface area contributed by atoms with Crippen molar-refractivity contribution in [3.63, 3.8) is 0 Å². The SMILES string of the molecule is Cc1cccc(C)c1CNc1cc(C(=O)N2CCN(CCO)CC2C)cc2c(C)c(C)[nH]c12. The molecule has 1 aliphatic heterocycles. The fraction of sp³-hybridized carbons (Fsp3) is 0.444. The quantitative estimate of drug-likeness (QED) is 0.530. The van der Waals surface area contributed by atoms with Crippen LogP contribution in [0.15, 0.2) is 30.3 Å². The lowest BCUT2D eigenvalue weighted by atomic mass is 10.0. The fourth-order valence-electron chi connectivity index (χ4n) is 4.98. The van der Waals surface area contributed by atoms with Crippen LogP contribution in [0.3, 0.4) is 0 Å². The molecular weight excluding hydrogens is 412 g/mol. The summed E-state index contributed by atoms with van der Waals surface area (Å²) in [7, 11) is 0. The Balaban J connectivity index is 1.65. The standard InChI is InChI=1S/C27H36N4O2/c1-17-7-6-8-18(2)24(17)15-28-25-14-22(13-23-20(4)21(5)29-26(23)25)27(33)31-10-9-30(11-12-32)16-19(31)3/h6-8,13-14,19,28-29,32H,9-12,15-16H2,1-5H3. The third kappa shape index (κ3) is 4.63. The molecule has 3 aromatic rings.